The summed E-state index contributed by atoms with van der Waals surface area (Å²) in [4.78, 5) is 97.3. The Morgan fingerprint density at radius 3 is 2.34 bits per heavy atom. The number of carbonyl (C=O) groups excluding carboxylic acids is 6. The van der Waals surface area contributed by atoms with E-state index in [0.29, 0.717) is 85.3 Å². The molecule has 21 heteroatoms. The van der Waals surface area contributed by atoms with E-state index in [1.807, 2.05) is 23.1 Å². The molecule has 3 fully saturated rings. The number of halogens is 2. The van der Waals surface area contributed by atoms with E-state index < -0.39 is 68.5 Å². The summed E-state index contributed by atoms with van der Waals surface area (Å²) in [5.41, 5.74) is 1.18. The van der Waals surface area contributed by atoms with Gasteiger partial charge in [0, 0.05) is 106 Å². The van der Waals surface area contributed by atoms with Crippen LogP contribution in [-0.4, -0.2) is 132 Å². The summed E-state index contributed by atoms with van der Waals surface area (Å²) in [7, 11) is -2.87. The highest BCUT2D eigenvalue weighted by Crippen LogP contribution is 2.37. The van der Waals surface area contributed by atoms with Crippen molar-refractivity contribution in [2.45, 2.75) is 51.5 Å². The van der Waals surface area contributed by atoms with Gasteiger partial charge in [-0.2, -0.15) is 12.7 Å². The van der Waals surface area contributed by atoms with Gasteiger partial charge in [0.05, 0.1) is 28.1 Å². The number of amides is 5. The SMILES string of the molecule is CCN(C)S(=O)(=O)Nc1ccc(F)c(C(=O)c2c[nH]c3ncc(-c4ccc(N5CCN(C(=O)CCC6CCN(c7cccc8c7C(=O)N(C7CCC(=O)NC7=O)C8=O)CC6)CC5)nc4)cc23)c1F. The number of hydrogen-bond donors (Lipinski definition) is 3. The lowest BCUT2D eigenvalue weighted by Gasteiger charge is -2.36. The number of fused-ring (bicyclic) bond motifs is 2. The monoisotopic (exact) mass is 950 g/mol. The summed E-state index contributed by atoms with van der Waals surface area (Å²) < 4.78 is 58.8. The molecule has 3 N–H and O–H groups in total. The van der Waals surface area contributed by atoms with E-state index in [0.717, 1.165) is 40.6 Å². The fourth-order valence-electron chi connectivity index (χ4n) is 9.35. The van der Waals surface area contributed by atoms with Gasteiger partial charge in [0.1, 0.15) is 23.3 Å². The van der Waals surface area contributed by atoms with E-state index in [1.54, 1.807) is 37.5 Å². The molecule has 68 heavy (non-hydrogen) atoms. The highest BCUT2D eigenvalue weighted by Gasteiger charge is 2.46. The smallest absolute Gasteiger partial charge is 0.301 e. The number of hydrogen-bond acceptors (Lipinski definition) is 12. The van der Waals surface area contributed by atoms with Crippen molar-refractivity contribution >= 4 is 73.8 Å². The van der Waals surface area contributed by atoms with E-state index in [1.165, 1.54) is 13.2 Å². The third kappa shape index (κ3) is 8.66. The van der Waals surface area contributed by atoms with Gasteiger partial charge in [-0.1, -0.05) is 13.0 Å². The molecule has 2 aromatic carbocycles. The Balaban J connectivity index is 0.773. The maximum Gasteiger partial charge on any atom is 0.301 e. The standard InChI is InChI=1S/C47H48F2N10O8S/c1-3-55(2)68(66,67)54-34-10-9-33(48)41(42(34)49)43(62)32-26-52-44-31(32)23-29(25-51-44)28-8-12-37(50-24-28)57-19-21-58(22-20-57)39(61)14-7-27-15-17-56(18-16-27)35-6-4-5-30-40(35)47(65)59(46(30)64)36-11-13-38(60)53-45(36)63/h4-6,8-10,12,23-27,36,54H,3,7,11,13-22H2,1-2H3,(H,51,52)(H,53,60,63). The topological polar surface area (TPSA) is 218 Å². The number of H-pyrrole nitrogens is 1. The number of aromatic nitrogens is 3. The van der Waals surface area contributed by atoms with E-state index in [9.17, 15) is 37.2 Å². The predicted octanol–water partition coefficient (Wildman–Crippen LogP) is 4.49. The molecule has 4 aliphatic rings. The summed E-state index contributed by atoms with van der Waals surface area (Å²) in [6, 6.07) is 11.2. The Kier molecular flexibility index (Phi) is 12.5. The first-order valence-electron chi connectivity index (χ1n) is 22.5. The highest BCUT2D eigenvalue weighted by atomic mass is 32.2. The van der Waals surface area contributed by atoms with Gasteiger partial charge in [-0.25, -0.2) is 18.7 Å². The van der Waals surface area contributed by atoms with Crippen LogP contribution < -0.4 is 19.8 Å². The van der Waals surface area contributed by atoms with Crippen LogP contribution >= 0.6 is 0 Å². The van der Waals surface area contributed by atoms with Gasteiger partial charge in [0.15, 0.2) is 5.82 Å². The van der Waals surface area contributed by atoms with Gasteiger partial charge in [-0.05, 0) is 74.1 Å². The van der Waals surface area contributed by atoms with Crippen molar-refractivity contribution in [3.8, 4) is 11.1 Å². The van der Waals surface area contributed by atoms with E-state index in [2.05, 4.69) is 34.8 Å². The van der Waals surface area contributed by atoms with E-state index >= 15 is 8.78 Å². The van der Waals surface area contributed by atoms with Crippen LogP contribution in [0.2, 0.25) is 0 Å². The molecule has 354 valence electrons. The Hall–Kier alpha value is -7.13. The first kappa shape index (κ1) is 46.0. The van der Waals surface area contributed by atoms with Gasteiger partial charge in [0.25, 0.3) is 11.8 Å². The molecule has 0 radical (unpaired) electrons. The first-order valence-corrected chi connectivity index (χ1v) is 23.9. The van der Waals surface area contributed by atoms with E-state index in [-0.39, 0.29) is 42.0 Å². The fraction of sp³-hybridized carbons (Fsp3) is 0.362. The molecular weight excluding hydrogens is 903 g/mol. The van der Waals surface area contributed by atoms with E-state index in [4.69, 9.17) is 0 Å². The van der Waals surface area contributed by atoms with Gasteiger partial charge >= 0.3 is 10.2 Å². The average molecular weight is 951 g/mol. The van der Waals surface area contributed by atoms with Crippen molar-refractivity contribution in [2.24, 2.45) is 5.92 Å². The molecule has 0 saturated carbocycles. The summed E-state index contributed by atoms with van der Waals surface area (Å²) in [6.45, 7) is 5.17. The number of carbonyl (C=O) groups is 6. The number of nitrogens with zero attached hydrogens (tertiary/aromatic N) is 7. The molecule has 7 heterocycles. The summed E-state index contributed by atoms with van der Waals surface area (Å²) in [6.07, 6.45) is 7.43. The molecule has 1 atom stereocenters. The van der Waals surface area contributed by atoms with Crippen molar-refractivity contribution in [1.29, 1.82) is 0 Å². The maximum absolute atomic E-state index is 15.6. The molecule has 5 aromatic rings. The molecule has 0 spiro atoms. The molecule has 9 rings (SSSR count). The Labute approximate surface area is 389 Å². The number of pyridine rings is 2. The number of rotatable bonds is 13. The lowest BCUT2D eigenvalue weighted by Crippen LogP contribution is -2.54. The van der Waals surface area contributed by atoms with Gasteiger partial charge < -0.3 is 19.7 Å². The van der Waals surface area contributed by atoms with Gasteiger partial charge in [-0.15, -0.1) is 0 Å². The second-order valence-electron chi connectivity index (χ2n) is 17.3. The minimum absolute atomic E-state index is 0.0493. The summed E-state index contributed by atoms with van der Waals surface area (Å²) >= 11 is 0. The Morgan fingerprint density at radius 2 is 1.63 bits per heavy atom. The van der Waals surface area contributed by atoms with Crippen molar-refractivity contribution in [3.05, 3.63) is 101 Å². The van der Waals surface area contributed by atoms with Crippen LogP contribution in [0.15, 0.2) is 67.1 Å². The lowest BCUT2D eigenvalue weighted by molar-refractivity contribution is -0.136. The quantitative estimate of drug-likeness (QED) is 0.110. The molecule has 18 nitrogen and oxygen atoms in total. The summed E-state index contributed by atoms with van der Waals surface area (Å²) in [5.74, 6) is -4.54. The zero-order chi connectivity index (χ0) is 48.0. The average Bonchev–Trinajstić information content (AvgIpc) is 3.88. The lowest BCUT2D eigenvalue weighted by atomic mass is 9.91. The molecule has 3 saturated heterocycles. The van der Waals surface area contributed by atoms with Crippen LogP contribution in [-0.2, 0) is 24.6 Å². The summed E-state index contributed by atoms with van der Waals surface area (Å²) in [5, 5.41) is 2.53. The molecule has 1 unspecified atom stereocenters. The van der Waals surface area contributed by atoms with Crippen LogP contribution in [0.25, 0.3) is 22.2 Å². The molecule has 4 aliphatic heterocycles. The predicted molar refractivity (Wildman–Crippen MR) is 246 cm³/mol. The van der Waals surface area contributed by atoms with Crippen LogP contribution in [0, 0.1) is 17.6 Å². The van der Waals surface area contributed by atoms with Crippen LogP contribution in [0.5, 0.6) is 0 Å². The van der Waals surface area contributed by atoms with Crippen molar-refractivity contribution in [1.82, 2.24) is 34.4 Å². The van der Waals surface area contributed by atoms with Crippen LogP contribution in [0.1, 0.15) is 82.1 Å². The number of ketones is 1. The third-order valence-electron chi connectivity index (χ3n) is 13.4. The normalized spacial score (nSPS) is 18.2. The van der Waals surface area contributed by atoms with Crippen LogP contribution in [0.3, 0.4) is 0 Å². The second kappa shape index (κ2) is 18.5. The molecular formula is C47H48F2N10O8S. The number of imide groups is 2. The highest BCUT2D eigenvalue weighted by molar-refractivity contribution is 7.90. The molecule has 0 bridgehead atoms. The Bertz CT molecular complexity index is 2990. The molecule has 5 amide bonds. The number of piperidine rings is 2. The fourth-order valence-corrected chi connectivity index (χ4v) is 10.3. The maximum atomic E-state index is 15.6. The minimum atomic E-state index is -4.16. The second-order valence-corrected chi connectivity index (χ2v) is 19.1. The molecule has 3 aromatic heterocycles. The van der Waals surface area contributed by atoms with Crippen molar-refractivity contribution < 1.29 is 46.0 Å². The van der Waals surface area contributed by atoms with Crippen molar-refractivity contribution in [3.63, 3.8) is 0 Å². The third-order valence-corrected chi connectivity index (χ3v) is 15.0. The number of aromatic amines is 1. The Morgan fingerprint density at radius 1 is 0.882 bits per heavy atom. The van der Waals surface area contributed by atoms with Crippen LogP contribution in [0.4, 0.5) is 26.0 Å². The number of nitrogens with one attached hydrogen (secondary N) is 3. The largest absolute Gasteiger partial charge is 0.371 e. The van der Waals surface area contributed by atoms with Gasteiger partial charge in [0.2, 0.25) is 23.5 Å². The van der Waals surface area contributed by atoms with Crippen molar-refractivity contribution in [2.75, 3.05) is 67.4 Å². The minimum Gasteiger partial charge on any atom is -0.371 e. The zero-order valence-electron chi connectivity index (χ0n) is 37.3. The molecule has 0 aliphatic carbocycles. The zero-order valence-corrected chi connectivity index (χ0v) is 38.1. The number of benzene rings is 2. The first-order chi connectivity index (χ1) is 32.6. The van der Waals surface area contributed by atoms with Gasteiger partial charge in [-0.3, -0.25) is 43.7 Å². The number of piperazine rings is 1. The number of anilines is 3.